The minimum Gasteiger partial charge on any atom is -0.369 e. The fourth-order valence-corrected chi connectivity index (χ4v) is 2.11. The predicted molar refractivity (Wildman–Crippen MR) is 67.4 cm³/mol. The average molecular weight is 232 g/mol. The average Bonchev–Trinajstić information content (AvgIpc) is 2.48. The van der Waals surface area contributed by atoms with Gasteiger partial charge < -0.3 is 14.6 Å². The molecule has 1 heterocycles. The van der Waals surface area contributed by atoms with Crippen LogP contribution in [0.4, 0.5) is 11.4 Å². The summed E-state index contributed by atoms with van der Waals surface area (Å²) >= 11 is 0. The van der Waals surface area contributed by atoms with E-state index in [1.54, 1.807) is 11.9 Å². The van der Waals surface area contributed by atoms with E-state index in [1.807, 2.05) is 24.3 Å². The maximum Gasteiger partial charge on any atom is 0.228 e. The number of hydrogen-bond acceptors (Lipinski definition) is 3. The van der Waals surface area contributed by atoms with E-state index in [0.717, 1.165) is 17.7 Å². The number of para-hydroxylation sites is 2. The van der Waals surface area contributed by atoms with Gasteiger partial charge in [-0.3, -0.25) is 4.79 Å². The first kappa shape index (κ1) is 11.6. The Bertz CT molecular complexity index is 431. The van der Waals surface area contributed by atoms with E-state index >= 15 is 0 Å². The second-order valence-corrected chi connectivity index (χ2v) is 4.13. The molecular formula is C13H16N2O2. The SMILES string of the molecule is CN1C(=O)CCN(CCC=O)c2ccccc21. The summed E-state index contributed by atoms with van der Waals surface area (Å²) in [7, 11) is 1.80. The Labute approximate surface area is 101 Å². The minimum absolute atomic E-state index is 0.117. The first-order chi connectivity index (χ1) is 8.24. The van der Waals surface area contributed by atoms with Gasteiger partial charge in [0.2, 0.25) is 5.91 Å². The van der Waals surface area contributed by atoms with Crippen molar-refractivity contribution in [3.05, 3.63) is 24.3 Å². The van der Waals surface area contributed by atoms with Gasteiger partial charge in [-0.2, -0.15) is 0 Å². The number of rotatable bonds is 3. The third-order valence-corrected chi connectivity index (χ3v) is 3.07. The molecule has 0 bridgehead atoms. The van der Waals surface area contributed by atoms with Gasteiger partial charge >= 0.3 is 0 Å². The van der Waals surface area contributed by atoms with Crippen molar-refractivity contribution in [3.63, 3.8) is 0 Å². The predicted octanol–water partition coefficient (Wildman–Crippen LogP) is 1.45. The molecule has 4 heteroatoms. The summed E-state index contributed by atoms with van der Waals surface area (Å²) in [6.07, 6.45) is 1.90. The van der Waals surface area contributed by atoms with Gasteiger partial charge in [-0.1, -0.05) is 12.1 Å². The van der Waals surface area contributed by atoms with Crippen molar-refractivity contribution in [3.8, 4) is 0 Å². The fourth-order valence-electron chi connectivity index (χ4n) is 2.11. The van der Waals surface area contributed by atoms with Crippen LogP contribution < -0.4 is 9.80 Å². The second kappa shape index (κ2) is 4.99. The van der Waals surface area contributed by atoms with Crippen molar-refractivity contribution in [2.24, 2.45) is 0 Å². The first-order valence-electron chi connectivity index (χ1n) is 5.78. The quantitative estimate of drug-likeness (QED) is 0.741. The molecule has 0 aromatic heterocycles. The van der Waals surface area contributed by atoms with Crippen LogP contribution in [-0.4, -0.2) is 32.3 Å². The first-order valence-corrected chi connectivity index (χ1v) is 5.78. The zero-order valence-electron chi connectivity index (χ0n) is 9.93. The lowest BCUT2D eigenvalue weighted by Crippen LogP contribution is -2.27. The molecule has 0 saturated heterocycles. The molecule has 1 aromatic rings. The molecule has 1 aliphatic heterocycles. The summed E-state index contributed by atoms with van der Waals surface area (Å²) < 4.78 is 0. The van der Waals surface area contributed by atoms with Gasteiger partial charge in [0.15, 0.2) is 0 Å². The molecule has 4 nitrogen and oxygen atoms in total. The number of carbonyl (C=O) groups is 2. The van der Waals surface area contributed by atoms with E-state index in [4.69, 9.17) is 0 Å². The number of hydrogen-bond donors (Lipinski definition) is 0. The lowest BCUT2D eigenvalue weighted by Gasteiger charge is -2.24. The molecule has 0 fully saturated rings. The Hall–Kier alpha value is -1.84. The highest BCUT2D eigenvalue weighted by Gasteiger charge is 2.22. The van der Waals surface area contributed by atoms with Crippen LogP contribution in [0.1, 0.15) is 12.8 Å². The minimum atomic E-state index is 0.117. The van der Waals surface area contributed by atoms with Crippen LogP contribution in [0, 0.1) is 0 Å². The lowest BCUT2D eigenvalue weighted by atomic mass is 10.2. The summed E-state index contributed by atoms with van der Waals surface area (Å²) in [5, 5.41) is 0. The molecule has 2 rings (SSSR count). The van der Waals surface area contributed by atoms with Crippen molar-refractivity contribution in [2.75, 3.05) is 29.9 Å². The van der Waals surface area contributed by atoms with Crippen molar-refractivity contribution in [2.45, 2.75) is 12.8 Å². The highest BCUT2D eigenvalue weighted by atomic mass is 16.2. The monoisotopic (exact) mass is 232 g/mol. The largest absolute Gasteiger partial charge is 0.369 e. The highest BCUT2D eigenvalue weighted by Crippen LogP contribution is 2.31. The molecule has 90 valence electrons. The van der Waals surface area contributed by atoms with E-state index in [0.29, 0.717) is 25.9 Å². The van der Waals surface area contributed by atoms with E-state index in [1.165, 1.54) is 0 Å². The summed E-state index contributed by atoms with van der Waals surface area (Å²) in [6.45, 7) is 1.34. The number of amides is 1. The van der Waals surface area contributed by atoms with Crippen molar-refractivity contribution in [1.29, 1.82) is 0 Å². The number of fused-ring (bicyclic) bond motifs is 1. The number of benzene rings is 1. The standard InChI is InChI=1S/C13H16N2O2/c1-14-11-5-2-3-6-12(11)15(8-4-10-16)9-7-13(14)17/h2-3,5-6,10H,4,7-9H2,1H3. The van der Waals surface area contributed by atoms with Gasteiger partial charge in [-0.15, -0.1) is 0 Å². The maximum atomic E-state index is 11.8. The number of anilines is 2. The molecule has 1 aliphatic rings. The zero-order chi connectivity index (χ0) is 12.3. The summed E-state index contributed by atoms with van der Waals surface area (Å²) in [5.41, 5.74) is 1.95. The van der Waals surface area contributed by atoms with Gasteiger partial charge in [0, 0.05) is 33.0 Å². The van der Waals surface area contributed by atoms with Crippen LogP contribution in [0.5, 0.6) is 0 Å². The molecule has 0 N–H and O–H groups in total. The van der Waals surface area contributed by atoms with Crippen LogP contribution >= 0.6 is 0 Å². The van der Waals surface area contributed by atoms with Crippen molar-refractivity contribution < 1.29 is 9.59 Å². The van der Waals surface area contributed by atoms with Crippen molar-refractivity contribution >= 4 is 23.6 Å². The van der Waals surface area contributed by atoms with Crippen LogP contribution in [0.2, 0.25) is 0 Å². The van der Waals surface area contributed by atoms with Gasteiger partial charge in [0.25, 0.3) is 0 Å². The molecule has 0 radical (unpaired) electrons. The van der Waals surface area contributed by atoms with Gasteiger partial charge in [-0.25, -0.2) is 0 Å². The smallest absolute Gasteiger partial charge is 0.228 e. The fraction of sp³-hybridized carbons (Fsp3) is 0.385. The van der Waals surface area contributed by atoms with Crippen LogP contribution in [0.25, 0.3) is 0 Å². The number of nitrogens with zero attached hydrogens (tertiary/aromatic N) is 2. The second-order valence-electron chi connectivity index (χ2n) is 4.13. The topological polar surface area (TPSA) is 40.6 Å². The third kappa shape index (κ3) is 2.30. The lowest BCUT2D eigenvalue weighted by molar-refractivity contribution is -0.118. The summed E-state index contributed by atoms with van der Waals surface area (Å²) in [6, 6.07) is 7.81. The van der Waals surface area contributed by atoms with E-state index in [9.17, 15) is 9.59 Å². The van der Waals surface area contributed by atoms with Crippen molar-refractivity contribution in [1.82, 2.24) is 0 Å². The molecule has 0 atom stereocenters. The maximum absolute atomic E-state index is 11.8. The number of carbonyl (C=O) groups excluding carboxylic acids is 2. The van der Waals surface area contributed by atoms with Gasteiger partial charge in [0.1, 0.15) is 6.29 Å². The summed E-state index contributed by atoms with van der Waals surface area (Å²) in [4.78, 5) is 26.1. The molecule has 1 aromatic carbocycles. The Morgan fingerprint density at radius 3 is 2.71 bits per heavy atom. The van der Waals surface area contributed by atoms with Gasteiger partial charge in [0.05, 0.1) is 11.4 Å². The molecule has 1 amide bonds. The molecule has 0 unspecified atom stereocenters. The number of aldehydes is 1. The highest BCUT2D eigenvalue weighted by molar-refractivity contribution is 5.98. The third-order valence-electron chi connectivity index (χ3n) is 3.07. The molecule has 0 saturated carbocycles. The van der Waals surface area contributed by atoms with Crippen LogP contribution in [-0.2, 0) is 9.59 Å². The summed E-state index contributed by atoms with van der Waals surface area (Å²) in [5.74, 6) is 0.117. The zero-order valence-corrected chi connectivity index (χ0v) is 9.93. The van der Waals surface area contributed by atoms with E-state index in [2.05, 4.69) is 4.90 Å². The van der Waals surface area contributed by atoms with Crippen LogP contribution in [0.3, 0.4) is 0 Å². The van der Waals surface area contributed by atoms with E-state index < -0.39 is 0 Å². The molecule has 0 spiro atoms. The van der Waals surface area contributed by atoms with Gasteiger partial charge in [-0.05, 0) is 12.1 Å². The Morgan fingerprint density at radius 1 is 1.29 bits per heavy atom. The Kier molecular flexibility index (Phi) is 3.42. The normalized spacial score (nSPS) is 15.5. The molecular weight excluding hydrogens is 216 g/mol. The molecule has 17 heavy (non-hydrogen) atoms. The van der Waals surface area contributed by atoms with E-state index in [-0.39, 0.29) is 5.91 Å². The Balaban J connectivity index is 2.35. The Morgan fingerprint density at radius 2 is 2.00 bits per heavy atom. The molecule has 0 aliphatic carbocycles. The van der Waals surface area contributed by atoms with Crippen LogP contribution in [0.15, 0.2) is 24.3 Å².